The number of hydrogen-bond donors (Lipinski definition) is 1. The summed E-state index contributed by atoms with van der Waals surface area (Å²) in [6.07, 6.45) is 10.9. The largest absolute Gasteiger partial charge is 0.477 e. The van der Waals surface area contributed by atoms with Crippen LogP contribution in [0.25, 0.3) is 10.6 Å². The molecule has 2 aromatic heterocycles. The molecule has 0 aromatic carbocycles. The van der Waals surface area contributed by atoms with E-state index < -0.39 is 0 Å². The molecule has 1 N–H and O–H groups in total. The first kappa shape index (κ1) is 25.0. The highest BCUT2D eigenvalue weighted by atomic mass is 32.1. The molecule has 2 aromatic rings. The molecule has 1 amide bonds. The second kappa shape index (κ2) is 12.0. The van der Waals surface area contributed by atoms with Crippen LogP contribution in [0.4, 0.5) is 0 Å². The number of ether oxygens (including phenoxy) is 1. The van der Waals surface area contributed by atoms with Crippen molar-refractivity contribution >= 4 is 23.0 Å². The average Bonchev–Trinajstić information content (AvgIpc) is 3.31. The van der Waals surface area contributed by atoms with Crippen molar-refractivity contribution < 1.29 is 9.53 Å². The van der Waals surface area contributed by atoms with Gasteiger partial charge in [-0.15, -0.1) is 11.3 Å². The van der Waals surface area contributed by atoms with Crippen LogP contribution in [0.2, 0.25) is 0 Å². The fourth-order valence-electron chi connectivity index (χ4n) is 4.27. The maximum Gasteiger partial charge on any atom is 0.280 e. The lowest BCUT2D eigenvalue weighted by atomic mass is 9.92. The van der Waals surface area contributed by atoms with Crippen LogP contribution in [0, 0.1) is 0 Å². The second-order valence-corrected chi connectivity index (χ2v) is 9.33. The molecule has 3 heterocycles. The molecule has 33 heavy (non-hydrogen) atoms. The first-order valence-corrected chi connectivity index (χ1v) is 12.3. The van der Waals surface area contributed by atoms with Gasteiger partial charge in [0.1, 0.15) is 5.69 Å². The van der Waals surface area contributed by atoms with Crippen molar-refractivity contribution in [2.45, 2.75) is 64.6 Å². The third-order valence-electron chi connectivity index (χ3n) is 5.83. The first-order valence-electron chi connectivity index (χ1n) is 11.5. The van der Waals surface area contributed by atoms with E-state index >= 15 is 0 Å². The molecule has 0 spiro atoms. The minimum Gasteiger partial charge on any atom is -0.477 e. The van der Waals surface area contributed by atoms with E-state index in [1.165, 1.54) is 24.2 Å². The van der Waals surface area contributed by atoms with E-state index in [-0.39, 0.29) is 11.9 Å². The Balaban J connectivity index is 1.76. The monoisotopic (exact) mass is 470 g/mol. The van der Waals surface area contributed by atoms with Crippen LogP contribution in [0.1, 0.15) is 56.3 Å². The van der Waals surface area contributed by atoms with E-state index in [2.05, 4.69) is 50.6 Å². The summed E-state index contributed by atoms with van der Waals surface area (Å²) in [5.74, 6) is 0.228. The van der Waals surface area contributed by atoms with Crippen LogP contribution in [-0.4, -0.2) is 69.8 Å². The van der Waals surface area contributed by atoms with Gasteiger partial charge in [0, 0.05) is 25.3 Å². The number of hydrogen-bond acceptors (Lipinski definition) is 8. The maximum absolute atomic E-state index is 13.1. The molecule has 178 valence electrons. The second-order valence-electron chi connectivity index (χ2n) is 8.30. The van der Waals surface area contributed by atoms with E-state index in [1.54, 1.807) is 31.7 Å². The maximum atomic E-state index is 13.1. The first-order chi connectivity index (χ1) is 16.0. The van der Waals surface area contributed by atoms with E-state index in [1.807, 2.05) is 6.92 Å². The number of carbonyl (C=O) groups excluding carboxylic acids is 1. The van der Waals surface area contributed by atoms with Crippen molar-refractivity contribution in [2.24, 2.45) is 4.99 Å². The number of rotatable bonds is 10. The molecule has 0 unspecified atom stereocenters. The summed E-state index contributed by atoms with van der Waals surface area (Å²) in [6, 6.07) is 0.634. The van der Waals surface area contributed by atoms with E-state index in [0.717, 1.165) is 30.0 Å². The number of carbonyl (C=O) groups is 1. The van der Waals surface area contributed by atoms with Gasteiger partial charge in [-0.25, -0.2) is 9.97 Å². The number of thiazole rings is 1. The Kier molecular flexibility index (Phi) is 9.08. The summed E-state index contributed by atoms with van der Waals surface area (Å²) in [7, 11) is 1.74. The van der Waals surface area contributed by atoms with E-state index in [4.69, 9.17) is 4.74 Å². The smallest absolute Gasteiger partial charge is 0.280 e. The molecule has 1 fully saturated rings. The van der Waals surface area contributed by atoms with Gasteiger partial charge in [0.25, 0.3) is 5.91 Å². The van der Waals surface area contributed by atoms with Gasteiger partial charge in [0.05, 0.1) is 35.6 Å². The number of aromatic nitrogens is 3. The van der Waals surface area contributed by atoms with Gasteiger partial charge in [-0.05, 0) is 52.7 Å². The summed E-state index contributed by atoms with van der Waals surface area (Å²) in [4.78, 5) is 33.8. The van der Waals surface area contributed by atoms with E-state index in [0.29, 0.717) is 35.3 Å². The summed E-state index contributed by atoms with van der Waals surface area (Å²) >= 11 is 1.28. The summed E-state index contributed by atoms with van der Waals surface area (Å²) in [5.41, 5.74) is 1.41. The van der Waals surface area contributed by atoms with Crippen LogP contribution in [0.15, 0.2) is 36.2 Å². The zero-order chi connectivity index (χ0) is 23.8. The highest BCUT2D eigenvalue weighted by molar-refractivity contribution is 7.16. The Morgan fingerprint density at radius 2 is 2.21 bits per heavy atom. The molecule has 1 aliphatic rings. The molecule has 0 saturated carbocycles. The van der Waals surface area contributed by atoms with Gasteiger partial charge in [0.2, 0.25) is 5.88 Å². The predicted octanol–water partition coefficient (Wildman–Crippen LogP) is 4.01. The lowest BCUT2D eigenvalue weighted by molar-refractivity contribution is 0.0889. The molecule has 0 radical (unpaired) electrons. The highest BCUT2D eigenvalue weighted by Crippen LogP contribution is 2.26. The van der Waals surface area contributed by atoms with E-state index in [9.17, 15) is 4.79 Å². The molecule has 1 aliphatic heterocycles. The van der Waals surface area contributed by atoms with Crippen molar-refractivity contribution in [3.05, 3.63) is 36.3 Å². The molecule has 0 bridgehead atoms. The Bertz CT molecular complexity index is 973. The normalized spacial score (nSPS) is 18.2. The molecule has 9 heteroatoms. The number of likely N-dealkylation sites (tertiary alicyclic amines) is 1. The van der Waals surface area contributed by atoms with Crippen molar-refractivity contribution in [1.82, 2.24) is 25.2 Å². The lowest BCUT2D eigenvalue weighted by Crippen LogP contribution is -2.50. The van der Waals surface area contributed by atoms with Gasteiger partial charge in [-0.3, -0.25) is 19.7 Å². The zero-order valence-electron chi connectivity index (χ0n) is 20.0. The van der Waals surface area contributed by atoms with Crippen LogP contribution >= 0.6 is 11.3 Å². The minimum atomic E-state index is -0.224. The Labute approximate surface area is 200 Å². The third kappa shape index (κ3) is 6.45. The molecule has 1 saturated heterocycles. The third-order valence-corrected chi connectivity index (χ3v) is 6.85. The molecule has 2 atom stereocenters. The Hall–Kier alpha value is -2.65. The number of nitrogens with zero attached hydrogens (tertiary/aromatic N) is 5. The van der Waals surface area contributed by atoms with Gasteiger partial charge in [-0.1, -0.05) is 13.0 Å². The highest BCUT2D eigenvalue weighted by Gasteiger charge is 2.29. The van der Waals surface area contributed by atoms with Gasteiger partial charge in [0.15, 0.2) is 5.01 Å². The van der Waals surface area contributed by atoms with Crippen molar-refractivity contribution in [3.63, 3.8) is 0 Å². The molecular formula is C24H34N6O2S. The standard InChI is InChI=1S/C24H34N6O2S/c1-6-18(25-5)19(12-17-10-8-9-11-30(17)16(3)4)29-23(31)24-27-14-21(33-24)20-13-26-15-22(28-20)32-7-2/h6,13-17,19H,1,7-12H2,2-5H3,(H,29,31)/t17-,19-/m0/s1. The molecule has 3 rings (SSSR count). The zero-order valence-corrected chi connectivity index (χ0v) is 20.8. The van der Waals surface area contributed by atoms with Gasteiger partial charge in [-0.2, -0.15) is 0 Å². The fraction of sp³-hybridized carbons (Fsp3) is 0.542. The number of piperidine rings is 1. The van der Waals surface area contributed by atoms with Crippen molar-refractivity contribution in [3.8, 4) is 16.5 Å². The van der Waals surface area contributed by atoms with Gasteiger partial charge < -0.3 is 10.1 Å². The van der Waals surface area contributed by atoms with Gasteiger partial charge >= 0.3 is 0 Å². The number of nitrogens with one attached hydrogen (secondary N) is 1. The van der Waals surface area contributed by atoms with Crippen LogP contribution in [-0.2, 0) is 0 Å². The predicted molar refractivity (Wildman–Crippen MR) is 133 cm³/mol. The SMILES string of the molecule is C=CC(=NC)[C@H](C[C@@H]1CCCCN1C(C)C)NC(=O)c1ncc(-c2cncc(OCC)n2)s1. The average molecular weight is 471 g/mol. The molecule has 8 nitrogen and oxygen atoms in total. The number of amides is 1. The quantitative estimate of drug-likeness (QED) is 0.528. The lowest BCUT2D eigenvalue weighted by Gasteiger charge is -2.40. The minimum absolute atomic E-state index is 0.222. The summed E-state index contributed by atoms with van der Waals surface area (Å²) in [5, 5.41) is 3.54. The fourth-order valence-corrected chi connectivity index (χ4v) is 5.05. The number of aliphatic imine (C=N–C) groups is 1. The van der Waals surface area contributed by atoms with Crippen molar-refractivity contribution in [2.75, 3.05) is 20.2 Å². The summed E-state index contributed by atoms with van der Waals surface area (Å²) < 4.78 is 5.43. The van der Waals surface area contributed by atoms with Crippen molar-refractivity contribution in [1.29, 1.82) is 0 Å². The van der Waals surface area contributed by atoms with Crippen LogP contribution in [0.3, 0.4) is 0 Å². The Morgan fingerprint density at radius 1 is 1.39 bits per heavy atom. The topological polar surface area (TPSA) is 92.6 Å². The Morgan fingerprint density at radius 3 is 2.91 bits per heavy atom. The summed E-state index contributed by atoms with van der Waals surface area (Å²) in [6.45, 7) is 11.9. The van der Waals surface area contributed by atoms with Crippen LogP contribution in [0.5, 0.6) is 5.88 Å². The molecule has 0 aliphatic carbocycles. The van der Waals surface area contributed by atoms with Crippen LogP contribution < -0.4 is 10.1 Å². The molecular weight excluding hydrogens is 436 g/mol.